The molecular formula is C16H22N2O3S. The van der Waals surface area contributed by atoms with Gasteiger partial charge in [0, 0.05) is 18.0 Å². The fourth-order valence-electron chi connectivity index (χ4n) is 2.30. The first kappa shape index (κ1) is 16.8. The molecule has 1 aliphatic heterocycles. The zero-order valence-corrected chi connectivity index (χ0v) is 13.8. The molecule has 22 heavy (non-hydrogen) atoms. The van der Waals surface area contributed by atoms with Gasteiger partial charge in [0.1, 0.15) is 6.04 Å². The van der Waals surface area contributed by atoms with Gasteiger partial charge < -0.3 is 15.0 Å². The predicted octanol–water partition coefficient (Wildman–Crippen LogP) is 2.26. The molecule has 2 amide bonds. The molecule has 5 nitrogen and oxygen atoms in total. The van der Waals surface area contributed by atoms with Crippen LogP contribution in [-0.4, -0.2) is 47.6 Å². The molecule has 0 aromatic heterocycles. The standard InChI is InChI=1S/C16H22N2O3S/c1-3-21-8-7-15(19)18-11-22-10-14(18)16(20)17-13-6-4-5-12(2)9-13/h4-6,9,14H,3,7-8,10-11H2,1-2H3,(H,17,20)/t14-/m1/s1. The van der Waals surface area contributed by atoms with E-state index < -0.39 is 6.04 Å². The Hall–Kier alpha value is -1.53. The number of hydrogen-bond acceptors (Lipinski definition) is 4. The highest BCUT2D eigenvalue weighted by molar-refractivity contribution is 7.99. The SMILES string of the molecule is CCOCCC(=O)N1CSC[C@@H]1C(=O)Nc1cccc(C)c1. The minimum Gasteiger partial charge on any atom is -0.381 e. The summed E-state index contributed by atoms with van der Waals surface area (Å²) < 4.78 is 5.21. The van der Waals surface area contributed by atoms with Gasteiger partial charge in [0.15, 0.2) is 0 Å². The molecule has 0 unspecified atom stereocenters. The number of hydrogen-bond donors (Lipinski definition) is 1. The minimum absolute atomic E-state index is 0.0251. The Morgan fingerprint density at radius 1 is 1.45 bits per heavy atom. The van der Waals surface area contributed by atoms with E-state index >= 15 is 0 Å². The van der Waals surface area contributed by atoms with Gasteiger partial charge in [-0.15, -0.1) is 11.8 Å². The van der Waals surface area contributed by atoms with Crippen molar-refractivity contribution in [3.05, 3.63) is 29.8 Å². The van der Waals surface area contributed by atoms with Crippen LogP contribution in [0.3, 0.4) is 0 Å². The number of nitrogens with zero attached hydrogens (tertiary/aromatic N) is 1. The Morgan fingerprint density at radius 2 is 2.27 bits per heavy atom. The van der Waals surface area contributed by atoms with E-state index in [0.717, 1.165) is 11.3 Å². The van der Waals surface area contributed by atoms with E-state index in [1.54, 1.807) is 16.7 Å². The van der Waals surface area contributed by atoms with Crippen molar-refractivity contribution in [2.45, 2.75) is 26.3 Å². The first-order valence-corrected chi connectivity index (χ1v) is 8.59. The van der Waals surface area contributed by atoms with Gasteiger partial charge in [-0.05, 0) is 31.5 Å². The van der Waals surface area contributed by atoms with Gasteiger partial charge in [0.25, 0.3) is 0 Å². The fraction of sp³-hybridized carbons (Fsp3) is 0.500. The van der Waals surface area contributed by atoms with E-state index in [-0.39, 0.29) is 11.8 Å². The average Bonchev–Trinajstić information content (AvgIpc) is 2.97. The van der Waals surface area contributed by atoms with Gasteiger partial charge in [-0.25, -0.2) is 0 Å². The molecule has 2 rings (SSSR count). The lowest BCUT2D eigenvalue weighted by atomic mass is 10.2. The van der Waals surface area contributed by atoms with Gasteiger partial charge in [-0.1, -0.05) is 12.1 Å². The van der Waals surface area contributed by atoms with Crippen molar-refractivity contribution in [2.24, 2.45) is 0 Å². The summed E-state index contributed by atoms with van der Waals surface area (Å²) in [4.78, 5) is 26.3. The zero-order chi connectivity index (χ0) is 15.9. The Kier molecular flexibility index (Phi) is 6.27. The van der Waals surface area contributed by atoms with E-state index in [1.807, 2.05) is 38.1 Å². The predicted molar refractivity (Wildman–Crippen MR) is 88.9 cm³/mol. The molecule has 1 aliphatic rings. The molecule has 0 spiro atoms. The smallest absolute Gasteiger partial charge is 0.248 e. The van der Waals surface area contributed by atoms with E-state index in [0.29, 0.717) is 31.3 Å². The van der Waals surface area contributed by atoms with Gasteiger partial charge >= 0.3 is 0 Å². The third-order valence-corrected chi connectivity index (χ3v) is 4.47. The van der Waals surface area contributed by atoms with Crippen molar-refractivity contribution in [1.82, 2.24) is 4.90 Å². The summed E-state index contributed by atoms with van der Waals surface area (Å²) in [6.45, 7) is 4.88. The Bertz CT molecular complexity index is 536. The van der Waals surface area contributed by atoms with Crippen LogP contribution in [0.1, 0.15) is 18.9 Å². The van der Waals surface area contributed by atoms with Crippen LogP contribution in [0.4, 0.5) is 5.69 Å². The lowest BCUT2D eigenvalue weighted by Gasteiger charge is -2.23. The monoisotopic (exact) mass is 322 g/mol. The Balaban J connectivity index is 1.94. The molecule has 1 heterocycles. The summed E-state index contributed by atoms with van der Waals surface area (Å²) in [5, 5.41) is 2.90. The molecule has 1 saturated heterocycles. The first-order chi connectivity index (χ1) is 10.6. The average molecular weight is 322 g/mol. The number of carbonyl (C=O) groups excluding carboxylic acids is 2. The molecule has 1 aromatic carbocycles. The summed E-state index contributed by atoms with van der Waals surface area (Å²) >= 11 is 1.60. The maximum absolute atomic E-state index is 12.4. The number of aryl methyl sites for hydroxylation is 1. The number of nitrogens with one attached hydrogen (secondary N) is 1. The van der Waals surface area contributed by atoms with E-state index in [2.05, 4.69) is 5.32 Å². The van der Waals surface area contributed by atoms with Crippen molar-refractivity contribution in [2.75, 3.05) is 30.2 Å². The largest absolute Gasteiger partial charge is 0.381 e. The number of carbonyl (C=O) groups is 2. The van der Waals surface area contributed by atoms with E-state index in [9.17, 15) is 9.59 Å². The van der Waals surface area contributed by atoms with Crippen LogP contribution in [0.2, 0.25) is 0 Å². The summed E-state index contributed by atoms with van der Waals surface area (Å²) in [7, 11) is 0. The van der Waals surface area contributed by atoms with Crippen LogP contribution in [0.25, 0.3) is 0 Å². The number of anilines is 1. The van der Waals surface area contributed by atoms with Crippen LogP contribution >= 0.6 is 11.8 Å². The van der Waals surface area contributed by atoms with Crippen LogP contribution in [-0.2, 0) is 14.3 Å². The van der Waals surface area contributed by atoms with Gasteiger partial charge in [-0.2, -0.15) is 0 Å². The summed E-state index contributed by atoms with van der Waals surface area (Å²) in [5.41, 5.74) is 1.85. The number of ether oxygens (including phenoxy) is 1. The quantitative estimate of drug-likeness (QED) is 0.816. The highest BCUT2D eigenvalue weighted by Gasteiger charge is 2.34. The van der Waals surface area contributed by atoms with Crippen LogP contribution < -0.4 is 5.32 Å². The minimum atomic E-state index is -0.403. The van der Waals surface area contributed by atoms with E-state index in [1.165, 1.54) is 0 Å². The van der Waals surface area contributed by atoms with Crippen molar-refractivity contribution < 1.29 is 14.3 Å². The molecule has 0 bridgehead atoms. The van der Waals surface area contributed by atoms with Gasteiger partial charge in [0.2, 0.25) is 11.8 Å². The number of rotatable bonds is 6. The molecule has 0 radical (unpaired) electrons. The summed E-state index contributed by atoms with van der Waals surface area (Å²) in [5.74, 6) is 1.05. The van der Waals surface area contributed by atoms with Gasteiger partial charge in [0.05, 0.1) is 18.9 Å². The molecule has 1 atom stereocenters. The molecule has 120 valence electrons. The number of amides is 2. The topological polar surface area (TPSA) is 58.6 Å². The van der Waals surface area contributed by atoms with Crippen molar-refractivity contribution in [3.63, 3.8) is 0 Å². The molecule has 1 aromatic rings. The lowest BCUT2D eigenvalue weighted by molar-refractivity contribution is -0.137. The van der Waals surface area contributed by atoms with Crippen molar-refractivity contribution in [3.8, 4) is 0 Å². The van der Waals surface area contributed by atoms with E-state index in [4.69, 9.17) is 4.74 Å². The molecule has 1 fully saturated rings. The number of thioether (sulfide) groups is 1. The first-order valence-electron chi connectivity index (χ1n) is 7.44. The van der Waals surface area contributed by atoms with Crippen LogP contribution in [0.5, 0.6) is 0 Å². The zero-order valence-electron chi connectivity index (χ0n) is 13.0. The molecule has 0 saturated carbocycles. The van der Waals surface area contributed by atoms with Gasteiger partial charge in [-0.3, -0.25) is 9.59 Å². The second-order valence-electron chi connectivity index (χ2n) is 5.18. The van der Waals surface area contributed by atoms with Crippen LogP contribution in [0.15, 0.2) is 24.3 Å². The Labute approximate surface area is 135 Å². The third-order valence-electron chi connectivity index (χ3n) is 3.46. The van der Waals surface area contributed by atoms with Crippen molar-refractivity contribution >= 4 is 29.3 Å². The second-order valence-corrected chi connectivity index (χ2v) is 6.18. The number of benzene rings is 1. The highest BCUT2D eigenvalue weighted by atomic mass is 32.2. The fourth-order valence-corrected chi connectivity index (χ4v) is 3.48. The second kappa shape index (κ2) is 8.19. The summed E-state index contributed by atoms with van der Waals surface area (Å²) in [6, 6.07) is 7.25. The van der Waals surface area contributed by atoms with Crippen molar-refractivity contribution in [1.29, 1.82) is 0 Å². The maximum Gasteiger partial charge on any atom is 0.248 e. The highest BCUT2D eigenvalue weighted by Crippen LogP contribution is 2.23. The molecular weight excluding hydrogens is 300 g/mol. The molecule has 1 N–H and O–H groups in total. The normalized spacial score (nSPS) is 17.5. The summed E-state index contributed by atoms with van der Waals surface area (Å²) in [6.07, 6.45) is 0.322. The molecule has 6 heteroatoms. The molecule has 0 aliphatic carbocycles. The maximum atomic E-state index is 12.4. The Morgan fingerprint density at radius 3 is 3.00 bits per heavy atom. The third kappa shape index (κ3) is 4.48. The lowest BCUT2D eigenvalue weighted by Crippen LogP contribution is -2.44. The van der Waals surface area contributed by atoms with Crippen LogP contribution in [0, 0.1) is 6.92 Å².